The molecule has 0 heterocycles. The number of nitro groups is 1. The predicted octanol–water partition coefficient (Wildman–Crippen LogP) is 0.931. The Bertz CT molecular complexity index is 459. The number of aliphatic hydroxyl groups is 1. The number of rotatable bonds is 5. The molecule has 0 aliphatic carbocycles. The molecule has 0 saturated heterocycles. The van der Waals surface area contributed by atoms with Crippen molar-refractivity contribution < 1.29 is 24.3 Å². The molecule has 1 rings (SSSR count). The lowest BCUT2D eigenvalue weighted by molar-refractivity contribution is -0.491. The molecule has 1 N–H and O–H groups in total. The van der Waals surface area contributed by atoms with Gasteiger partial charge in [0.05, 0.1) is 7.11 Å². The van der Waals surface area contributed by atoms with Crippen LogP contribution in [0.2, 0.25) is 0 Å². The van der Waals surface area contributed by atoms with Crippen LogP contribution in [0.5, 0.6) is 11.5 Å². The molecule has 1 aromatic carbocycles. The van der Waals surface area contributed by atoms with Crippen molar-refractivity contribution in [3.05, 3.63) is 33.9 Å². The van der Waals surface area contributed by atoms with E-state index in [1.165, 1.54) is 32.2 Å². The number of hydrogen-bond donors (Lipinski definition) is 1. The summed E-state index contributed by atoms with van der Waals surface area (Å²) in [7, 11) is 1.37. The summed E-state index contributed by atoms with van der Waals surface area (Å²) in [5.74, 6) is -0.0842. The van der Waals surface area contributed by atoms with Crippen molar-refractivity contribution in [2.24, 2.45) is 0 Å². The van der Waals surface area contributed by atoms with Gasteiger partial charge in [-0.05, 0) is 17.7 Å². The fourth-order valence-electron chi connectivity index (χ4n) is 1.38. The largest absolute Gasteiger partial charge is 0.493 e. The number of nitrogens with zero attached hydrogens (tertiary/aromatic N) is 1. The van der Waals surface area contributed by atoms with E-state index in [1.807, 2.05) is 0 Å². The van der Waals surface area contributed by atoms with Crippen LogP contribution in [0, 0.1) is 10.1 Å². The first-order valence-corrected chi connectivity index (χ1v) is 5.10. The van der Waals surface area contributed by atoms with Gasteiger partial charge in [-0.15, -0.1) is 0 Å². The van der Waals surface area contributed by atoms with E-state index in [-0.39, 0.29) is 11.5 Å². The molecule has 1 atom stereocenters. The smallest absolute Gasteiger partial charge is 0.308 e. The van der Waals surface area contributed by atoms with Crippen LogP contribution in [0.15, 0.2) is 18.2 Å². The second kappa shape index (κ2) is 5.97. The lowest BCUT2D eigenvalue weighted by Crippen LogP contribution is -2.12. The van der Waals surface area contributed by atoms with Gasteiger partial charge in [0.1, 0.15) is 6.10 Å². The first kappa shape index (κ1) is 13.9. The van der Waals surface area contributed by atoms with E-state index in [2.05, 4.69) is 0 Å². The molecule has 7 nitrogen and oxygen atoms in total. The number of methoxy groups -OCH3 is 1. The van der Waals surface area contributed by atoms with E-state index < -0.39 is 23.5 Å². The van der Waals surface area contributed by atoms with Crippen LogP contribution >= 0.6 is 0 Å². The van der Waals surface area contributed by atoms with Gasteiger partial charge in [0.25, 0.3) is 0 Å². The topological polar surface area (TPSA) is 98.9 Å². The molecule has 0 aliphatic rings. The zero-order chi connectivity index (χ0) is 13.7. The second-order valence-corrected chi connectivity index (χ2v) is 3.54. The normalized spacial score (nSPS) is 11.7. The highest BCUT2D eigenvalue weighted by atomic mass is 16.6. The molecule has 0 bridgehead atoms. The molecule has 0 aromatic heterocycles. The number of hydrogen-bond acceptors (Lipinski definition) is 6. The maximum absolute atomic E-state index is 10.8. The molecule has 1 unspecified atom stereocenters. The van der Waals surface area contributed by atoms with Gasteiger partial charge in [0, 0.05) is 11.8 Å². The van der Waals surface area contributed by atoms with Gasteiger partial charge in [-0.1, -0.05) is 6.07 Å². The van der Waals surface area contributed by atoms with Crippen molar-refractivity contribution in [2.45, 2.75) is 13.0 Å². The van der Waals surface area contributed by atoms with Crippen LogP contribution in [-0.4, -0.2) is 29.7 Å². The Balaban J connectivity index is 2.97. The van der Waals surface area contributed by atoms with Gasteiger partial charge in [0.2, 0.25) is 6.54 Å². The van der Waals surface area contributed by atoms with Crippen molar-refractivity contribution in [3.63, 3.8) is 0 Å². The molecule has 0 amide bonds. The SMILES string of the molecule is COc1cc(C(O)C[N+](=O)[O-])ccc1OC(C)=O. The van der Waals surface area contributed by atoms with E-state index in [1.54, 1.807) is 0 Å². The third-order valence-electron chi connectivity index (χ3n) is 2.15. The standard InChI is InChI=1S/C11H13NO6/c1-7(13)18-10-4-3-8(5-11(10)17-2)9(14)6-12(15)16/h3-5,9,14H,6H2,1-2H3. The molecule has 0 radical (unpaired) electrons. The summed E-state index contributed by atoms with van der Waals surface area (Å²) in [5, 5.41) is 19.9. The average Bonchev–Trinajstić information content (AvgIpc) is 2.27. The minimum Gasteiger partial charge on any atom is -0.493 e. The highest BCUT2D eigenvalue weighted by Gasteiger charge is 2.17. The summed E-state index contributed by atoms with van der Waals surface area (Å²) in [6, 6.07) is 4.25. The molecule has 0 spiro atoms. The number of carbonyl (C=O) groups excluding carboxylic acids is 1. The summed E-state index contributed by atoms with van der Waals surface area (Å²) in [5.41, 5.74) is 0.319. The summed E-state index contributed by atoms with van der Waals surface area (Å²) >= 11 is 0. The van der Waals surface area contributed by atoms with Crippen LogP contribution in [0.4, 0.5) is 0 Å². The first-order chi connectivity index (χ1) is 8.43. The number of aliphatic hydroxyl groups excluding tert-OH is 1. The fourth-order valence-corrected chi connectivity index (χ4v) is 1.38. The molecule has 0 aliphatic heterocycles. The van der Waals surface area contributed by atoms with Crippen LogP contribution in [-0.2, 0) is 4.79 Å². The fraction of sp³-hybridized carbons (Fsp3) is 0.364. The molecule has 0 saturated carbocycles. The Morgan fingerprint density at radius 3 is 2.67 bits per heavy atom. The lowest BCUT2D eigenvalue weighted by atomic mass is 10.1. The Morgan fingerprint density at radius 2 is 2.17 bits per heavy atom. The molecule has 18 heavy (non-hydrogen) atoms. The van der Waals surface area contributed by atoms with E-state index >= 15 is 0 Å². The number of ether oxygens (including phenoxy) is 2. The highest BCUT2D eigenvalue weighted by molar-refractivity contribution is 5.70. The highest BCUT2D eigenvalue weighted by Crippen LogP contribution is 2.30. The zero-order valence-electron chi connectivity index (χ0n) is 9.95. The van der Waals surface area contributed by atoms with Crippen LogP contribution in [0.1, 0.15) is 18.6 Å². The second-order valence-electron chi connectivity index (χ2n) is 3.54. The van der Waals surface area contributed by atoms with Crippen LogP contribution < -0.4 is 9.47 Å². The van der Waals surface area contributed by atoms with Crippen molar-refractivity contribution in [2.75, 3.05) is 13.7 Å². The maximum atomic E-state index is 10.8. The molecular formula is C11H13NO6. The monoisotopic (exact) mass is 255 g/mol. The summed E-state index contributed by atoms with van der Waals surface area (Å²) in [4.78, 5) is 20.5. The first-order valence-electron chi connectivity index (χ1n) is 5.10. The van der Waals surface area contributed by atoms with Crippen molar-refractivity contribution in [1.29, 1.82) is 0 Å². The Labute approximate surface area is 103 Å². The number of esters is 1. The van der Waals surface area contributed by atoms with E-state index in [0.717, 1.165) is 0 Å². The Hall–Kier alpha value is -2.15. The van der Waals surface area contributed by atoms with Gasteiger partial charge >= 0.3 is 5.97 Å². The molecule has 1 aromatic rings. The maximum Gasteiger partial charge on any atom is 0.308 e. The summed E-state index contributed by atoms with van der Waals surface area (Å²) in [6.45, 7) is 0.644. The minimum absolute atomic E-state index is 0.196. The Morgan fingerprint density at radius 1 is 1.50 bits per heavy atom. The Kier molecular flexibility index (Phi) is 4.61. The van der Waals surface area contributed by atoms with E-state index in [9.17, 15) is 20.0 Å². The van der Waals surface area contributed by atoms with E-state index in [0.29, 0.717) is 5.56 Å². The zero-order valence-corrected chi connectivity index (χ0v) is 9.95. The molecule has 0 fully saturated rings. The van der Waals surface area contributed by atoms with Gasteiger partial charge in [-0.25, -0.2) is 0 Å². The summed E-state index contributed by atoms with van der Waals surface area (Å²) < 4.78 is 9.86. The van der Waals surface area contributed by atoms with E-state index in [4.69, 9.17) is 9.47 Å². The van der Waals surface area contributed by atoms with Gasteiger partial charge in [-0.2, -0.15) is 0 Å². The van der Waals surface area contributed by atoms with Gasteiger partial charge in [-0.3, -0.25) is 14.9 Å². The third kappa shape index (κ3) is 3.70. The van der Waals surface area contributed by atoms with Crippen molar-refractivity contribution in [1.82, 2.24) is 0 Å². The summed E-state index contributed by atoms with van der Waals surface area (Å²) in [6.07, 6.45) is -1.24. The van der Waals surface area contributed by atoms with Crippen LogP contribution in [0.3, 0.4) is 0 Å². The van der Waals surface area contributed by atoms with Crippen molar-refractivity contribution >= 4 is 5.97 Å². The quantitative estimate of drug-likeness (QED) is 0.363. The number of benzene rings is 1. The predicted molar refractivity (Wildman–Crippen MR) is 61.1 cm³/mol. The lowest BCUT2D eigenvalue weighted by Gasteiger charge is -2.11. The number of carbonyl (C=O) groups is 1. The van der Waals surface area contributed by atoms with Gasteiger partial charge < -0.3 is 14.6 Å². The minimum atomic E-state index is -1.24. The molecular weight excluding hydrogens is 242 g/mol. The molecule has 98 valence electrons. The molecule has 7 heteroatoms. The average molecular weight is 255 g/mol. The third-order valence-corrected chi connectivity index (χ3v) is 2.15. The van der Waals surface area contributed by atoms with Gasteiger partial charge in [0.15, 0.2) is 11.5 Å². The van der Waals surface area contributed by atoms with Crippen LogP contribution in [0.25, 0.3) is 0 Å². The van der Waals surface area contributed by atoms with Crippen molar-refractivity contribution in [3.8, 4) is 11.5 Å².